The molecule has 5 heteroatoms. The molecule has 0 aliphatic carbocycles. The topological polar surface area (TPSA) is 130 Å². The van der Waals surface area contributed by atoms with Crippen LogP contribution < -0.4 is 28.7 Å². The Morgan fingerprint density at radius 1 is 0.643 bits per heavy atom. The Bertz CT molecular complexity index is 341. The molecular weight excluding hydrogens is 178 g/mol. The van der Waals surface area contributed by atoms with Gasteiger partial charge in [0.25, 0.3) is 0 Å². The second-order valence-electron chi connectivity index (χ2n) is 3.64. The van der Waals surface area contributed by atoms with Gasteiger partial charge in [-0.1, -0.05) is 13.8 Å². The van der Waals surface area contributed by atoms with Gasteiger partial charge >= 0.3 is 0 Å². The van der Waals surface area contributed by atoms with Gasteiger partial charge in [0.2, 0.25) is 0 Å². The van der Waals surface area contributed by atoms with Crippen LogP contribution in [-0.4, -0.2) is 0 Å². The summed E-state index contributed by atoms with van der Waals surface area (Å²) in [5.41, 5.74) is 31.2. The number of hydrogen-bond donors (Lipinski definition) is 5. The van der Waals surface area contributed by atoms with E-state index < -0.39 is 0 Å². The summed E-state index contributed by atoms with van der Waals surface area (Å²) in [5, 5.41) is 0. The van der Waals surface area contributed by atoms with Crippen molar-refractivity contribution in [2.45, 2.75) is 19.8 Å². The summed E-state index contributed by atoms with van der Waals surface area (Å²) in [5.74, 6) is 0.167. The monoisotopic (exact) mass is 195 g/mol. The maximum absolute atomic E-state index is 5.81. The summed E-state index contributed by atoms with van der Waals surface area (Å²) in [7, 11) is 0. The van der Waals surface area contributed by atoms with E-state index in [0.29, 0.717) is 22.7 Å². The van der Waals surface area contributed by atoms with E-state index in [0.717, 1.165) is 5.56 Å². The lowest BCUT2D eigenvalue weighted by atomic mass is 9.96. The van der Waals surface area contributed by atoms with Crippen LogP contribution in [0.25, 0.3) is 0 Å². The van der Waals surface area contributed by atoms with E-state index >= 15 is 0 Å². The molecule has 0 saturated heterocycles. The Morgan fingerprint density at radius 2 is 0.929 bits per heavy atom. The van der Waals surface area contributed by atoms with Crippen molar-refractivity contribution in [2.75, 3.05) is 28.7 Å². The highest BCUT2D eigenvalue weighted by molar-refractivity contribution is 5.96. The molecule has 1 aromatic carbocycles. The predicted molar refractivity (Wildman–Crippen MR) is 62.6 cm³/mol. The smallest absolute Gasteiger partial charge is 0.0824 e. The molecule has 0 aliphatic rings. The number of benzene rings is 1. The zero-order valence-corrected chi connectivity index (χ0v) is 8.46. The Kier molecular flexibility index (Phi) is 2.33. The van der Waals surface area contributed by atoms with Gasteiger partial charge in [0, 0.05) is 5.56 Å². The van der Waals surface area contributed by atoms with Crippen molar-refractivity contribution in [1.82, 2.24) is 0 Å². The third-order valence-electron chi connectivity index (χ3n) is 2.32. The fourth-order valence-electron chi connectivity index (χ4n) is 1.49. The zero-order valence-electron chi connectivity index (χ0n) is 8.46. The molecule has 1 rings (SSSR count). The van der Waals surface area contributed by atoms with Gasteiger partial charge in [-0.05, 0) is 5.92 Å². The third kappa shape index (κ3) is 1.26. The van der Waals surface area contributed by atoms with E-state index in [1.54, 1.807) is 0 Å². The van der Waals surface area contributed by atoms with Crippen LogP contribution in [0.15, 0.2) is 0 Å². The van der Waals surface area contributed by atoms with E-state index in [1.807, 2.05) is 13.8 Å². The lowest BCUT2D eigenvalue weighted by molar-refractivity contribution is 0.874. The lowest BCUT2D eigenvalue weighted by Crippen LogP contribution is -2.11. The van der Waals surface area contributed by atoms with Gasteiger partial charge in [0.05, 0.1) is 28.4 Å². The van der Waals surface area contributed by atoms with Crippen LogP contribution >= 0.6 is 0 Å². The van der Waals surface area contributed by atoms with Crippen LogP contribution in [0.2, 0.25) is 0 Å². The highest BCUT2D eigenvalue weighted by Gasteiger charge is 2.17. The Labute approximate surface area is 83.2 Å². The van der Waals surface area contributed by atoms with Crippen molar-refractivity contribution < 1.29 is 0 Å². The maximum Gasteiger partial charge on any atom is 0.0824 e. The molecule has 5 nitrogen and oxygen atoms in total. The molecule has 0 saturated carbocycles. The van der Waals surface area contributed by atoms with E-state index in [9.17, 15) is 0 Å². The third-order valence-corrected chi connectivity index (χ3v) is 2.32. The molecule has 0 atom stereocenters. The second kappa shape index (κ2) is 3.17. The summed E-state index contributed by atoms with van der Waals surface area (Å²) < 4.78 is 0. The summed E-state index contributed by atoms with van der Waals surface area (Å²) in [6, 6.07) is 0. The molecule has 1 aromatic rings. The van der Waals surface area contributed by atoms with E-state index in [1.165, 1.54) is 0 Å². The second-order valence-corrected chi connectivity index (χ2v) is 3.64. The van der Waals surface area contributed by atoms with Crippen molar-refractivity contribution in [3.63, 3.8) is 0 Å². The number of rotatable bonds is 1. The standard InChI is InChI=1S/C9H17N5/c1-3(2)4-5(10)7(12)9(14)8(13)6(4)11/h3H,10-14H2,1-2H3. The molecule has 0 aromatic heterocycles. The first kappa shape index (κ1) is 10.3. The molecule has 0 aliphatic heterocycles. The van der Waals surface area contributed by atoms with Crippen LogP contribution in [0.5, 0.6) is 0 Å². The van der Waals surface area contributed by atoms with Crippen molar-refractivity contribution in [3.05, 3.63) is 5.56 Å². The molecule has 0 fully saturated rings. The Hall–Kier alpha value is -1.78. The summed E-state index contributed by atoms with van der Waals surface area (Å²) in [6.07, 6.45) is 0. The molecular formula is C9H17N5. The molecule has 0 bridgehead atoms. The quantitative estimate of drug-likeness (QED) is 0.421. The van der Waals surface area contributed by atoms with Gasteiger partial charge in [0.1, 0.15) is 0 Å². The SMILES string of the molecule is CC(C)c1c(N)c(N)c(N)c(N)c1N. The minimum Gasteiger partial charge on any atom is -0.397 e. The van der Waals surface area contributed by atoms with E-state index in [2.05, 4.69) is 0 Å². The van der Waals surface area contributed by atoms with Gasteiger partial charge in [-0.3, -0.25) is 0 Å². The van der Waals surface area contributed by atoms with Crippen molar-refractivity contribution >= 4 is 28.4 Å². The van der Waals surface area contributed by atoms with Crippen LogP contribution in [0, 0.1) is 0 Å². The summed E-state index contributed by atoms with van der Waals surface area (Å²) in [6.45, 7) is 3.94. The largest absolute Gasteiger partial charge is 0.397 e. The molecule has 14 heavy (non-hydrogen) atoms. The summed E-state index contributed by atoms with van der Waals surface area (Å²) >= 11 is 0. The van der Waals surface area contributed by atoms with Crippen LogP contribution in [0.3, 0.4) is 0 Å². The normalized spacial score (nSPS) is 10.8. The highest BCUT2D eigenvalue weighted by Crippen LogP contribution is 2.41. The average Bonchev–Trinajstić information content (AvgIpc) is 2.11. The first-order valence-electron chi connectivity index (χ1n) is 4.39. The molecule has 10 N–H and O–H groups in total. The van der Waals surface area contributed by atoms with Crippen LogP contribution in [0.1, 0.15) is 25.3 Å². The summed E-state index contributed by atoms with van der Waals surface area (Å²) in [4.78, 5) is 0. The number of anilines is 5. The highest BCUT2D eigenvalue weighted by atomic mass is 14.8. The van der Waals surface area contributed by atoms with E-state index in [4.69, 9.17) is 28.7 Å². The predicted octanol–water partition coefficient (Wildman–Crippen LogP) is 0.721. The van der Waals surface area contributed by atoms with Gasteiger partial charge in [-0.25, -0.2) is 0 Å². The maximum atomic E-state index is 5.81. The Balaban J connectivity index is 3.60. The minimum atomic E-state index is 0.167. The molecule has 78 valence electrons. The molecule has 0 amide bonds. The van der Waals surface area contributed by atoms with Gasteiger partial charge < -0.3 is 28.7 Å². The van der Waals surface area contributed by atoms with Crippen LogP contribution in [0.4, 0.5) is 28.4 Å². The van der Waals surface area contributed by atoms with Crippen molar-refractivity contribution in [1.29, 1.82) is 0 Å². The molecule has 0 unspecified atom stereocenters. The molecule has 0 radical (unpaired) electrons. The number of hydrogen-bond acceptors (Lipinski definition) is 5. The number of nitrogens with two attached hydrogens (primary N) is 5. The van der Waals surface area contributed by atoms with Crippen LogP contribution in [-0.2, 0) is 0 Å². The molecule has 0 spiro atoms. The minimum absolute atomic E-state index is 0.167. The Morgan fingerprint density at radius 3 is 1.21 bits per heavy atom. The lowest BCUT2D eigenvalue weighted by Gasteiger charge is -2.18. The zero-order chi connectivity index (χ0) is 11.0. The first-order valence-corrected chi connectivity index (χ1v) is 4.39. The average molecular weight is 195 g/mol. The van der Waals surface area contributed by atoms with Gasteiger partial charge in [0.15, 0.2) is 0 Å². The van der Waals surface area contributed by atoms with E-state index in [-0.39, 0.29) is 11.6 Å². The van der Waals surface area contributed by atoms with Gasteiger partial charge in [-0.2, -0.15) is 0 Å². The fourth-order valence-corrected chi connectivity index (χ4v) is 1.49. The fraction of sp³-hybridized carbons (Fsp3) is 0.333. The first-order chi connectivity index (χ1) is 6.37. The number of nitrogen functional groups attached to an aromatic ring is 5. The van der Waals surface area contributed by atoms with Crippen molar-refractivity contribution in [3.8, 4) is 0 Å². The van der Waals surface area contributed by atoms with Gasteiger partial charge in [-0.15, -0.1) is 0 Å². The molecule has 0 heterocycles. The van der Waals surface area contributed by atoms with Crippen molar-refractivity contribution in [2.24, 2.45) is 0 Å².